The SMILES string of the molecule is CCCN1CCCC(OC(=O)c2ccccc2)(C(=O)c2ccccc2)C1.Cl. The molecule has 0 bridgehead atoms. The average molecular weight is 388 g/mol. The van der Waals surface area contributed by atoms with E-state index in [2.05, 4.69) is 11.8 Å². The molecule has 0 aromatic heterocycles. The molecule has 1 heterocycles. The van der Waals surface area contributed by atoms with Crippen molar-refractivity contribution < 1.29 is 14.3 Å². The zero-order chi connectivity index (χ0) is 18.4. The molecule has 0 saturated carbocycles. The van der Waals surface area contributed by atoms with E-state index in [4.69, 9.17) is 4.74 Å². The number of ether oxygens (including phenoxy) is 1. The zero-order valence-corrected chi connectivity index (χ0v) is 16.4. The van der Waals surface area contributed by atoms with Crippen molar-refractivity contribution in [1.29, 1.82) is 0 Å². The molecule has 1 fully saturated rings. The minimum atomic E-state index is -1.12. The average Bonchev–Trinajstić information content (AvgIpc) is 2.69. The lowest BCUT2D eigenvalue weighted by Crippen LogP contribution is -2.55. The summed E-state index contributed by atoms with van der Waals surface area (Å²) in [6.07, 6.45) is 2.39. The molecule has 4 nitrogen and oxygen atoms in total. The number of carbonyl (C=O) groups excluding carboxylic acids is 2. The van der Waals surface area contributed by atoms with E-state index < -0.39 is 11.6 Å². The van der Waals surface area contributed by atoms with Gasteiger partial charge in [0, 0.05) is 12.1 Å². The van der Waals surface area contributed by atoms with Gasteiger partial charge in [0.15, 0.2) is 5.60 Å². The molecule has 1 saturated heterocycles. The van der Waals surface area contributed by atoms with E-state index in [1.165, 1.54) is 0 Å². The van der Waals surface area contributed by atoms with Crippen molar-refractivity contribution in [1.82, 2.24) is 4.90 Å². The van der Waals surface area contributed by atoms with Gasteiger partial charge in [-0.2, -0.15) is 0 Å². The highest BCUT2D eigenvalue weighted by molar-refractivity contribution is 6.04. The molecule has 2 aromatic carbocycles. The third-order valence-electron chi connectivity index (χ3n) is 4.82. The fourth-order valence-corrected chi connectivity index (χ4v) is 3.59. The van der Waals surface area contributed by atoms with E-state index in [0.717, 1.165) is 25.9 Å². The van der Waals surface area contributed by atoms with Crippen molar-refractivity contribution in [2.45, 2.75) is 31.8 Å². The Morgan fingerprint density at radius 2 is 1.59 bits per heavy atom. The largest absolute Gasteiger partial charge is 0.446 e. The molecule has 1 aliphatic heterocycles. The van der Waals surface area contributed by atoms with Crippen LogP contribution in [0.2, 0.25) is 0 Å². The molecule has 3 rings (SSSR count). The molecule has 0 spiro atoms. The quantitative estimate of drug-likeness (QED) is 0.544. The van der Waals surface area contributed by atoms with Crippen LogP contribution in [-0.4, -0.2) is 41.9 Å². The van der Waals surface area contributed by atoms with Gasteiger partial charge in [-0.3, -0.25) is 9.69 Å². The van der Waals surface area contributed by atoms with Gasteiger partial charge in [0.05, 0.1) is 5.56 Å². The molecule has 27 heavy (non-hydrogen) atoms. The third kappa shape index (κ3) is 4.96. The van der Waals surface area contributed by atoms with Gasteiger partial charge in [-0.15, -0.1) is 12.4 Å². The van der Waals surface area contributed by atoms with Gasteiger partial charge in [0.2, 0.25) is 5.78 Å². The number of hydrogen-bond donors (Lipinski definition) is 0. The second-order valence-corrected chi connectivity index (χ2v) is 6.82. The molecule has 0 N–H and O–H groups in total. The number of likely N-dealkylation sites (tertiary alicyclic amines) is 1. The fourth-order valence-electron chi connectivity index (χ4n) is 3.59. The topological polar surface area (TPSA) is 46.6 Å². The van der Waals surface area contributed by atoms with Crippen LogP contribution in [0.1, 0.15) is 46.9 Å². The van der Waals surface area contributed by atoms with Gasteiger partial charge in [0.25, 0.3) is 0 Å². The highest BCUT2D eigenvalue weighted by Crippen LogP contribution is 2.30. The number of hydrogen-bond acceptors (Lipinski definition) is 4. The Hall–Kier alpha value is -2.17. The van der Waals surface area contributed by atoms with Crippen molar-refractivity contribution in [2.24, 2.45) is 0 Å². The van der Waals surface area contributed by atoms with E-state index in [-0.39, 0.29) is 18.2 Å². The number of Topliss-reactive ketones (excluding diaryl/α,β-unsaturated/α-hetero) is 1. The molecule has 0 aliphatic carbocycles. The van der Waals surface area contributed by atoms with E-state index in [9.17, 15) is 9.59 Å². The van der Waals surface area contributed by atoms with Crippen LogP contribution in [0.5, 0.6) is 0 Å². The van der Waals surface area contributed by atoms with Crippen LogP contribution in [-0.2, 0) is 4.74 Å². The summed E-state index contributed by atoms with van der Waals surface area (Å²) in [7, 11) is 0. The first kappa shape index (κ1) is 21.1. The molecule has 0 amide bonds. The molecule has 5 heteroatoms. The van der Waals surface area contributed by atoms with E-state index in [1.54, 1.807) is 36.4 Å². The summed E-state index contributed by atoms with van der Waals surface area (Å²) in [6, 6.07) is 18.0. The minimum absolute atomic E-state index is 0. The molecule has 1 aliphatic rings. The molecule has 1 unspecified atom stereocenters. The number of esters is 1. The van der Waals surface area contributed by atoms with Crippen molar-refractivity contribution in [3.8, 4) is 0 Å². The van der Waals surface area contributed by atoms with Crippen LogP contribution >= 0.6 is 12.4 Å². The van der Waals surface area contributed by atoms with Gasteiger partial charge in [-0.1, -0.05) is 55.5 Å². The van der Waals surface area contributed by atoms with Crippen molar-refractivity contribution >= 4 is 24.2 Å². The second-order valence-electron chi connectivity index (χ2n) is 6.82. The number of carbonyl (C=O) groups is 2. The number of nitrogens with zero attached hydrogens (tertiary/aromatic N) is 1. The standard InChI is InChI=1S/C22H25NO3.ClH/c1-2-15-23-16-9-14-22(17-23,20(24)18-10-5-3-6-11-18)26-21(25)19-12-7-4-8-13-19;/h3-8,10-13H,2,9,14-17H2,1H3;1H. The van der Waals surface area contributed by atoms with Crippen molar-refractivity contribution in [2.75, 3.05) is 19.6 Å². The smallest absolute Gasteiger partial charge is 0.339 e. The Morgan fingerprint density at radius 3 is 2.19 bits per heavy atom. The summed E-state index contributed by atoms with van der Waals surface area (Å²) in [6.45, 7) is 4.39. The predicted octanol–water partition coefficient (Wildman–Crippen LogP) is 4.39. The molecular weight excluding hydrogens is 362 g/mol. The Balaban J connectivity index is 0.00000261. The summed E-state index contributed by atoms with van der Waals surface area (Å²) in [5.41, 5.74) is -0.0612. The van der Waals surface area contributed by atoms with Gasteiger partial charge in [-0.05, 0) is 44.5 Å². The molecular formula is C22H26ClNO3. The van der Waals surface area contributed by atoms with E-state index in [1.807, 2.05) is 24.3 Å². The van der Waals surface area contributed by atoms with Crippen LogP contribution in [0, 0.1) is 0 Å². The summed E-state index contributed by atoms with van der Waals surface area (Å²) >= 11 is 0. The van der Waals surface area contributed by atoms with Crippen molar-refractivity contribution in [3.05, 3.63) is 71.8 Å². The maximum absolute atomic E-state index is 13.3. The van der Waals surface area contributed by atoms with Crippen LogP contribution in [0.4, 0.5) is 0 Å². The number of piperidine rings is 1. The number of benzene rings is 2. The van der Waals surface area contributed by atoms with Crippen LogP contribution in [0.15, 0.2) is 60.7 Å². The zero-order valence-electron chi connectivity index (χ0n) is 15.6. The number of rotatable bonds is 6. The van der Waals surface area contributed by atoms with Crippen LogP contribution in [0.3, 0.4) is 0 Å². The molecule has 2 aromatic rings. The lowest BCUT2D eigenvalue weighted by atomic mass is 9.84. The summed E-state index contributed by atoms with van der Waals surface area (Å²) in [5.74, 6) is -0.545. The van der Waals surface area contributed by atoms with Crippen LogP contribution < -0.4 is 0 Å². The lowest BCUT2D eigenvalue weighted by molar-refractivity contribution is -0.0405. The Bertz CT molecular complexity index is 749. The Kier molecular flexibility index (Phi) is 7.57. The monoisotopic (exact) mass is 387 g/mol. The first-order valence-electron chi connectivity index (χ1n) is 9.25. The van der Waals surface area contributed by atoms with Crippen LogP contribution in [0.25, 0.3) is 0 Å². The molecule has 0 radical (unpaired) electrons. The Morgan fingerprint density at radius 1 is 1.00 bits per heavy atom. The van der Waals surface area contributed by atoms with Gasteiger partial charge in [0.1, 0.15) is 0 Å². The second kappa shape index (κ2) is 9.67. The van der Waals surface area contributed by atoms with Gasteiger partial charge < -0.3 is 4.74 Å². The maximum Gasteiger partial charge on any atom is 0.339 e. The minimum Gasteiger partial charge on any atom is -0.446 e. The third-order valence-corrected chi connectivity index (χ3v) is 4.82. The van der Waals surface area contributed by atoms with E-state index in [0.29, 0.717) is 24.1 Å². The molecule has 144 valence electrons. The maximum atomic E-state index is 13.3. The van der Waals surface area contributed by atoms with E-state index >= 15 is 0 Å². The number of ketones is 1. The first-order valence-corrected chi connectivity index (χ1v) is 9.25. The van der Waals surface area contributed by atoms with Crippen molar-refractivity contribution in [3.63, 3.8) is 0 Å². The van der Waals surface area contributed by atoms with Gasteiger partial charge >= 0.3 is 5.97 Å². The lowest BCUT2D eigenvalue weighted by Gasteiger charge is -2.41. The highest BCUT2D eigenvalue weighted by Gasteiger charge is 2.46. The first-order chi connectivity index (χ1) is 12.6. The normalized spacial score (nSPS) is 19.7. The summed E-state index contributed by atoms with van der Waals surface area (Å²) in [5, 5.41) is 0. The number of halogens is 1. The molecule has 1 atom stereocenters. The Labute approximate surface area is 166 Å². The summed E-state index contributed by atoms with van der Waals surface area (Å²) in [4.78, 5) is 28.3. The highest BCUT2D eigenvalue weighted by atomic mass is 35.5. The predicted molar refractivity (Wildman–Crippen MR) is 109 cm³/mol. The fraction of sp³-hybridized carbons (Fsp3) is 0.364. The van der Waals surface area contributed by atoms with Gasteiger partial charge in [-0.25, -0.2) is 4.79 Å². The summed E-state index contributed by atoms with van der Waals surface area (Å²) < 4.78 is 5.93.